The summed E-state index contributed by atoms with van der Waals surface area (Å²) >= 11 is 0. The Morgan fingerprint density at radius 1 is 0.618 bits per heavy atom. The monoisotopic (exact) mass is 478 g/mol. The molecular formula is C32H62O2. The number of ketones is 2. The summed E-state index contributed by atoms with van der Waals surface area (Å²) in [5.74, 6) is 1.59. The Morgan fingerprint density at radius 3 is 1.35 bits per heavy atom. The van der Waals surface area contributed by atoms with Crippen molar-refractivity contribution >= 4 is 11.6 Å². The molecule has 0 aromatic rings. The number of carbonyl (C=O) groups is 2. The van der Waals surface area contributed by atoms with E-state index in [1.807, 2.05) is 0 Å². The molecule has 34 heavy (non-hydrogen) atoms. The van der Waals surface area contributed by atoms with Crippen LogP contribution in [0.5, 0.6) is 0 Å². The van der Waals surface area contributed by atoms with Gasteiger partial charge in [0, 0.05) is 19.3 Å². The number of rotatable bonds is 23. The molecule has 1 atom stereocenters. The summed E-state index contributed by atoms with van der Waals surface area (Å²) in [7, 11) is 0. The summed E-state index contributed by atoms with van der Waals surface area (Å²) in [5.41, 5.74) is 0. The highest BCUT2D eigenvalue weighted by atomic mass is 16.1. The number of unbranched alkanes of at least 4 members (excludes halogenated alkanes) is 19. The van der Waals surface area contributed by atoms with Gasteiger partial charge in [-0.05, 0) is 25.7 Å². The van der Waals surface area contributed by atoms with Gasteiger partial charge < -0.3 is 4.79 Å². The van der Waals surface area contributed by atoms with Crippen molar-refractivity contribution in [2.24, 2.45) is 5.92 Å². The lowest BCUT2D eigenvalue weighted by atomic mass is 9.99. The Morgan fingerprint density at radius 2 is 1.00 bits per heavy atom. The summed E-state index contributed by atoms with van der Waals surface area (Å²) < 4.78 is 0. The number of hydrogen-bond acceptors (Lipinski definition) is 2. The summed E-state index contributed by atoms with van der Waals surface area (Å²) in [5, 5.41) is 0. The standard InChI is InChI=1S/C16H30O.C16H32O/c1-2-3-4-5-6-7-8-9-10-11-15-12-13-16(17)14-15;1-3-4-5-6-7-8-9-10-11-12-13-14-15-16(2)17/h15H,2-14H2,1H3;3-15H2,1-2H3. The molecule has 0 aliphatic heterocycles. The number of hydrogen-bond donors (Lipinski definition) is 0. The molecule has 1 aliphatic carbocycles. The molecule has 0 aromatic carbocycles. The van der Waals surface area contributed by atoms with Gasteiger partial charge in [-0.3, -0.25) is 4.79 Å². The molecule has 0 heterocycles. The van der Waals surface area contributed by atoms with Gasteiger partial charge in [0.2, 0.25) is 0 Å². The summed E-state index contributed by atoms with van der Waals surface area (Å²) in [6, 6.07) is 0. The van der Waals surface area contributed by atoms with Gasteiger partial charge in [-0.1, -0.05) is 149 Å². The van der Waals surface area contributed by atoms with E-state index < -0.39 is 0 Å². The Balaban J connectivity index is 0.000000641. The normalized spacial score (nSPS) is 15.4. The fourth-order valence-electron chi connectivity index (χ4n) is 5.10. The molecule has 0 radical (unpaired) electrons. The molecule has 1 saturated carbocycles. The molecule has 0 aromatic heterocycles. The molecule has 202 valence electrons. The van der Waals surface area contributed by atoms with Gasteiger partial charge in [-0.15, -0.1) is 0 Å². The van der Waals surface area contributed by atoms with Crippen molar-refractivity contribution in [3.8, 4) is 0 Å². The first kappa shape index (κ1) is 33.3. The van der Waals surface area contributed by atoms with Crippen LogP contribution in [0.1, 0.15) is 188 Å². The maximum atomic E-state index is 11.1. The predicted octanol–water partition coefficient (Wildman–Crippen LogP) is 10.9. The molecule has 0 saturated heterocycles. The molecule has 2 nitrogen and oxygen atoms in total. The molecular weight excluding hydrogens is 416 g/mol. The molecule has 1 rings (SSSR count). The second-order valence-corrected chi connectivity index (χ2v) is 11.1. The molecule has 2 heteroatoms. The Bertz CT molecular complexity index is 442. The van der Waals surface area contributed by atoms with E-state index in [-0.39, 0.29) is 0 Å². The highest BCUT2D eigenvalue weighted by Crippen LogP contribution is 2.27. The van der Waals surface area contributed by atoms with Crippen LogP contribution in [-0.2, 0) is 9.59 Å². The topological polar surface area (TPSA) is 34.1 Å². The van der Waals surface area contributed by atoms with Crippen LogP contribution in [0.2, 0.25) is 0 Å². The van der Waals surface area contributed by atoms with Crippen molar-refractivity contribution in [3.63, 3.8) is 0 Å². The first-order valence-corrected chi connectivity index (χ1v) is 15.6. The van der Waals surface area contributed by atoms with Gasteiger partial charge >= 0.3 is 0 Å². The Hall–Kier alpha value is -0.660. The van der Waals surface area contributed by atoms with Crippen molar-refractivity contribution in [2.75, 3.05) is 0 Å². The van der Waals surface area contributed by atoms with Crippen LogP contribution in [0, 0.1) is 5.92 Å². The largest absolute Gasteiger partial charge is 0.300 e. The lowest BCUT2D eigenvalue weighted by Gasteiger charge is -2.07. The van der Waals surface area contributed by atoms with E-state index in [0.717, 1.165) is 31.6 Å². The second-order valence-electron chi connectivity index (χ2n) is 11.1. The maximum absolute atomic E-state index is 11.1. The molecule has 0 bridgehead atoms. The van der Waals surface area contributed by atoms with E-state index >= 15 is 0 Å². The minimum absolute atomic E-state index is 0.345. The summed E-state index contributed by atoms with van der Waals surface area (Å²) in [6.45, 7) is 6.23. The zero-order valence-electron chi connectivity index (χ0n) is 23.8. The van der Waals surface area contributed by atoms with Gasteiger partial charge in [0.1, 0.15) is 11.6 Å². The van der Waals surface area contributed by atoms with E-state index in [9.17, 15) is 9.59 Å². The van der Waals surface area contributed by atoms with Crippen molar-refractivity contribution < 1.29 is 9.59 Å². The SMILES string of the molecule is CCCCCCCCCCCC1CCC(=O)C1.CCCCCCCCCCCCCCC(C)=O. The molecule has 0 amide bonds. The number of Topliss-reactive ketones (excluding diaryl/α,β-unsaturated/α-hetero) is 2. The van der Waals surface area contributed by atoms with Crippen LogP contribution in [0.15, 0.2) is 0 Å². The van der Waals surface area contributed by atoms with E-state index in [0.29, 0.717) is 11.6 Å². The van der Waals surface area contributed by atoms with Crippen molar-refractivity contribution in [1.29, 1.82) is 0 Å². The Kier molecular flexibility index (Phi) is 26.4. The lowest BCUT2D eigenvalue weighted by Crippen LogP contribution is -1.95. The van der Waals surface area contributed by atoms with Crippen molar-refractivity contribution in [2.45, 2.75) is 188 Å². The number of carbonyl (C=O) groups excluding carboxylic acids is 2. The van der Waals surface area contributed by atoms with Gasteiger partial charge in [0.25, 0.3) is 0 Å². The van der Waals surface area contributed by atoms with Crippen molar-refractivity contribution in [1.82, 2.24) is 0 Å². The first-order chi connectivity index (χ1) is 16.6. The minimum atomic E-state index is 0.345. The van der Waals surface area contributed by atoms with Gasteiger partial charge in [-0.2, -0.15) is 0 Å². The highest BCUT2D eigenvalue weighted by Gasteiger charge is 2.20. The average Bonchev–Trinajstić information content (AvgIpc) is 3.24. The van der Waals surface area contributed by atoms with E-state index in [1.54, 1.807) is 6.92 Å². The zero-order valence-corrected chi connectivity index (χ0v) is 23.8. The van der Waals surface area contributed by atoms with Crippen LogP contribution in [0.4, 0.5) is 0 Å². The second kappa shape index (κ2) is 26.9. The molecule has 1 fully saturated rings. The average molecular weight is 479 g/mol. The van der Waals surface area contributed by atoms with Crippen LogP contribution >= 0.6 is 0 Å². The van der Waals surface area contributed by atoms with Gasteiger partial charge in [0.15, 0.2) is 0 Å². The fraction of sp³-hybridized carbons (Fsp3) is 0.938. The quantitative estimate of drug-likeness (QED) is 0.137. The first-order valence-electron chi connectivity index (χ1n) is 15.6. The van der Waals surface area contributed by atoms with E-state index in [2.05, 4.69) is 13.8 Å². The van der Waals surface area contributed by atoms with Crippen LogP contribution < -0.4 is 0 Å². The van der Waals surface area contributed by atoms with E-state index in [1.165, 1.54) is 141 Å². The third-order valence-electron chi connectivity index (χ3n) is 7.45. The molecule has 0 spiro atoms. The minimum Gasteiger partial charge on any atom is -0.300 e. The third-order valence-corrected chi connectivity index (χ3v) is 7.45. The predicted molar refractivity (Wildman–Crippen MR) is 151 cm³/mol. The van der Waals surface area contributed by atoms with Gasteiger partial charge in [-0.25, -0.2) is 0 Å². The summed E-state index contributed by atoms with van der Waals surface area (Å²) in [4.78, 5) is 21.8. The van der Waals surface area contributed by atoms with Gasteiger partial charge in [0.05, 0.1) is 0 Å². The zero-order chi connectivity index (χ0) is 25.1. The third kappa shape index (κ3) is 26.0. The highest BCUT2D eigenvalue weighted by molar-refractivity contribution is 5.80. The van der Waals surface area contributed by atoms with Crippen molar-refractivity contribution in [3.05, 3.63) is 0 Å². The molecule has 1 unspecified atom stereocenters. The van der Waals surface area contributed by atoms with Crippen LogP contribution in [0.3, 0.4) is 0 Å². The smallest absolute Gasteiger partial charge is 0.133 e. The Labute approximate surface area is 214 Å². The lowest BCUT2D eigenvalue weighted by molar-refractivity contribution is -0.118. The fourth-order valence-corrected chi connectivity index (χ4v) is 5.10. The summed E-state index contributed by atoms with van der Waals surface area (Å²) in [6.07, 6.45) is 34.0. The maximum Gasteiger partial charge on any atom is 0.133 e. The van der Waals surface area contributed by atoms with Crippen LogP contribution in [0.25, 0.3) is 0 Å². The van der Waals surface area contributed by atoms with E-state index in [4.69, 9.17) is 0 Å². The molecule has 0 N–H and O–H groups in total. The van der Waals surface area contributed by atoms with Crippen LogP contribution in [-0.4, -0.2) is 11.6 Å². The molecule has 1 aliphatic rings.